The number of nitrogens with one attached hydrogen (secondary N) is 2. The van der Waals surface area contributed by atoms with E-state index in [0.29, 0.717) is 40.6 Å². The standard InChI is InChI=1S/C25H24ClF3N4O2/c1-15-8-19(13-30-15)24(34)31-23-12-22(33(32-23)21-6-4-3-5-7-21)18-9-17(10-20(26)11-18)14-35-16(2)25(27,28)29/h3-7,9-12,16,19,30H,1,8,13-14H2,2H3,(H,31,32,34)/t16-,19+/m1/s1. The Morgan fingerprint density at radius 2 is 2.03 bits per heavy atom. The lowest BCUT2D eigenvalue weighted by molar-refractivity contribution is -0.217. The van der Waals surface area contributed by atoms with Crippen molar-refractivity contribution in [2.45, 2.75) is 32.2 Å². The van der Waals surface area contributed by atoms with Gasteiger partial charge in [0.1, 0.15) is 0 Å². The molecule has 2 atom stereocenters. The summed E-state index contributed by atoms with van der Waals surface area (Å²) in [6, 6.07) is 15.9. The van der Waals surface area contributed by atoms with E-state index in [1.165, 1.54) is 0 Å². The van der Waals surface area contributed by atoms with Gasteiger partial charge in [-0.2, -0.15) is 13.2 Å². The molecule has 0 radical (unpaired) electrons. The normalized spacial score (nSPS) is 16.7. The molecule has 6 nitrogen and oxygen atoms in total. The molecule has 1 aliphatic rings. The van der Waals surface area contributed by atoms with E-state index < -0.39 is 12.3 Å². The van der Waals surface area contributed by atoms with E-state index >= 15 is 0 Å². The molecule has 2 N–H and O–H groups in total. The van der Waals surface area contributed by atoms with Crippen LogP contribution in [0.2, 0.25) is 5.02 Å². The van der Waals surface area contributed by atoms with E-state index in [1.807, 2.05) is 30.3 Å². The quantitative estimate of drug-likeness (QED) is 0.432. The minimum atomic E-state index is -4.46. The summed E-state index contributed by atoms with van der Waals surface area (Å²) in [5.41, 5.74) is 3.25. The number of para-hydroxylation sites is 1. The molecule has 184 valence electrons. The molecular weight excluding hydrogens is 481 g/mol. The molecule has 1 fully saturated rings. The van der Waals surface area contributed by atoms with Crippen LogP contribution in [-0.2, 0) is 16.1 Å². The highest BCUT2D eigenvalue weighted by atomic mass is 35.5. The molecule has 1 aromatic heterocycles. The fourth-order valence-corrected chi connectivity index (χ4v) is 3.99. The highest BCUT2D eigenvalue weighted by molar-refractivity contribution is 6.31. The van der Waals surface area contributed by atoms with Crippen molar-refractivity contribution in [1.82, 2.24) is 15.1 Å². The van der Waals surface area contributed by atoms with Gasteiger partial charge < -0.3 is 15.4 Å². The van der Waals surface area contributed by atoms with Crippen LogP contribution in [-0.4, -0.2) is 34.5 Å². The van der Waals surface area contributed by atoms with E-state index in [9.17, 15) is 18.0 Å². The first-order chi connectivity index (χ1) is 16.6. The van der Waals surface area contributed by atoms with Crippen molar-refractivity contribution in [3.05, 3.63) is 77.5 Å². The van der Waals surface area contributed by atoms with Gasteiger partial charge in [-0.15, -0.1) is 5.10 Å². The number of nitrogens with zero attached hydrogens (tertiary/aromatic N) is 2. The summed E-state index contributed by atoms with van der Waals surface area (Å²) >= 11 is 6.30. The number of aromatic nitrogens is 2. The zero-order valence-electron chi connectivity index (χ0n) is 18.9. The lowest BCUT2D eigenvalue weighted by Crippen LogP contribution is -2.28. The summed E-state index contributed by atoms with van der Waals surface area (Å²) in [4.78, 5) is 12.7. The van der Waals surface area contributed by atoms with Crippen LogP contribution in [0.25, 0.3) is 16.9 Å². The monoisotopic (exact) mass is 504 g/mol. The summed E-state index contributed by atoms with van der Waals surface area (Å²) in [5.74, 6) is -0.0880. The lowest BCUT2D eigenvalue weighted by Gasteiger charge is -2.17. The Bertz CT molecular complexity index is 1230. The Morgan fingerprint density at radius 3 is 2.69 bits per heavy atom. The van der Waals surface area contributed by atoms with Crippen LogP contribution in [0, 0.1) is 5.92 Å². The number of carbonyl (C=O) groups is 1. The fraction of sp³-hybridized carbons (Fsp3) is 0.280. The molecule has 2 aromatic carbocycles. The molecular formula is C25H24ClF3N4O2. The number of hydrogen-bond donors (Lipinski definition) is 2. The summed E-state index contributed by atoms with van der Waals surface area (Å²) in [6.45, 7) is 5.05. The second-order valence-corrected chi connectivity index (χ2v) is 8.82. The van der Waals surface area contributed by atoms with E-state index in [4.69, 9.17) is 16.3 Å². The van der Waals surface area contributed by atoms with Gasteiger partial charge in [0.25, 0.3) is 0 Å². The predicted molar refractivity (Wildman–Crippen MR) is 128 cm³/mol. The number of amides is 1. The summed E-state index contributed by atoms with van der Waals surface area (Å²) in [6.07, 6.45) is -5.82. The SMILES string of the molecule is C=C1C[C@H](C(=O)Nc2cc(-c3cc(Cl)cc(CO[C@H](C)C(F)(F)F)c3)n(-c3ccccc3)n2)CN1. The molecule has 1 saturated heterocycles. The molecule has 3 aromatic rings. The van der Waals surface area contributed by atoms with Gasteiger partial charge in [-0.25, -0.2) is 4.68 Å². The number of alkyl halides is 3. The first-order valence-electron chi connectivity index (χ1n) is 11.0. The zero-order chi connectivity index (χ0) is 25.2. The smallest absolute Gasteiger partial charge is 0.388 e. The third kappa shape index (κ3) is 6.04. The van der Waals surface area contributed by atoms with Crippen LogP contribution in [0.4, 0.5) is 19.0 Å². The van der Waals surface area contributed by atoms with E-state index in [-0.39, 0.29) is 18.4 Å². The fourth-order valence-electron chi connectivity index (χ4n) is 3.73. The van der Waals surface area contributed by atoms with Crippen molar-refractivity contribution >= 4 is 23.3 Å². The molecule has 1 aliphatic heterocycles. The van der Waals surface area contributed by atoms with Gasteiger partial charge >= 0.3 is 6.18 Å². The highest BCUT2D eigenvalue weighted by Gasteiger charge is 2.36. The summed E-state index contributed by atoms with van der Waals surface area (Å²) in [7, 11) is 0. The number of halogens is 4. The highest BCUT2D eigenvalue weighted by Crippen LogP contribution is 2.31. The Hall–Kier alpha value is -3.30. The van der Waals surface area contributed by atoms with Crippen LogP contribution in [0.5, 0.6) is 0 Å². The molecule has 4 rings (SSSR count). The molecule has 10 heteroatoms. The minimum Gasteiger partial charge on any atom is -0.388 e. The molecule has 35 heavy (non-hydrogen) atoms. The molecule has 0 bridgehead atoms. The average Bonchev–Trinajstić information content (AvgIpc) is 3.43. The van der Waals surface area contributed by atoms with Gasteiger partial charge in [0.2, 0.25) is 5.91 Å². The second-order valence-electron chi connectivity index (χ2n) is 8.38. The van der Waals surface area contributed by atoms with Crippen LogP contribution in [0.3, 0.4) is 0 Å². The van der Waals surface area contributed by atoms with Crippen LogP contribution >= 0.6 is 11.6 Å². The molecule has 2 heterocycles. The predicted octanol–water partition coefficient (Wildman–Crippen LogP) is 5.72. The van der Waals surface area contributed by atoms with E-state index in [0.717, 1.165) is 18.3 Å². The van der Waals surface area contributed by atoms with Gasteiger partial charge in [0.15, 0.2) is 11.9 Å². The minimum absolute atomic E-state index is 0.179. The average molecular weight is 505 g/mol. The zero-order valence-corrected chi connectivity index (χ0v) is 19.7. The van der Waals surface area contributed by atoms with Crippen LogP contribution in [0.1, 0.15) is 18.9 Å². The maximum atomic E-state index is 12.9. The summed E-state index contributed by atoms with van der Waals surface area (Å²) in [5, 5.41) is 10.8. The molecule has 1 amide bonds. The first-order valence-corrected chi connectivity index (χ1v) is 11.3. The molecule has 0 spiro atoms. The van der Waals surface area contributed by atoms with Crippen molar-refractivity contribution in [1.29, 1.82) is 0 Å². The number of benzene rings is 2. The van der Waals surface area contributed by atoms with Gasteiger partial charge in [0, 0.05) is 28.9 Å². The molecule has 0 unspecified atom stereocenters. The Morgan fingerprint density at radius 1 is 1.29 bits per heavy atom. The Balaban J connectivity index is 1.65. The third-order valence-electron chi connectivity index (χ3n) is 5.64. The molecule has 0 aliphatic carbocycles. The van der Waals surface area contributed by atoms with Crippen LogP contribution < -0.4 is 10.6 Å². The van der Waals surface area contributed by atoms with Gasteiger partial charge in [-0.05, 0) is 49.2 Å². The maximum Gasteiger partial charge on any atom is 0.414 e. The maximum absolute atomic E-state index is 12.9. The second kappa shape index (κ2) is 10.1. The van der Waals surface area contributed by atoms with Crippen molar-refractivity contribution in [3.63, 3.8) is 0 Å². The van der Waals surface area contributed by atoms with Crippen molar-refractivity contribution in [2.75, 3.05) is 11.9 Å². The summed E-state index contributed by atoms with van der Waals surface area (Å²) < 4.78 is 45.2. The number of carbonyl (C=O) groups excluding carboxylic acids is 1. The topological polar surface area (TPSA) is 68.2 Å². The van der Waals surface area contributed by atoms with Crippen molar-refractivity contribution in [3.8, 4) is 16.9 Å². The molecule has 0 saturated carbocycles. The number of allylic oxidation sites excluding steroid dienone is 1. The lowest BCUT2D eigenvalue weighted by atomic mass is 10.1. The van der Waals surface area contributed by atoms with E-state index in [2.05, 4.69) is 22.3 Å². The van der Waals surface area contributed by atoms with Crippen molar-refractivity contribution in [2.24, 2.45) is 5.92 Å². The first kappa shape index (κ1) is 24.8. The Kier molecular flexibility index (Phi) is 7.18. The van der Waals surface area contributed by atoms with Gasteiger partial charge in [-0.3, -0.25) is 4.79 Å². The van der Waals surface area contributed by atoms with Gasteiger partial charge in [-0.1, -0.05) is 36.4 Å². The van der Waals surface area contributed by atoms with Crippen LogP contribution in [0.15, 0.2) is 66.9 Å². The van der Waals surface area contributed by atoms with Crippen molar-refractivity contribution < 1.29 is 22.7 Å². The largest absolute Gasteiger partial charge is 0.414 e. The third-order valence-corrected chi connectivity index (χ3v) is 5.86. The van der Waals surface area contributed by atoms with E-state index in [1.54, 1.807) is 28.9 Å². The number of anilines is 1. The number of hydrogen-bond acceptors (Lipinski definition) is 4. The Labute approximate surface area is 205 Å². The number of ether oxygens (including phenoxy) is 1. The number of rotatable bonds is 7. The van der Waals surface area contributed by atoms with Gasteiger partial charge in [0.05, 0.1) is 23.9 Å².